The number of hydrogen-bond donors (Lipinski definition) is 2. The van der Waals surface area contributed by atoms with Gasteiger partial charge in [-0.05, 0) is 54.7 Å². The van der Waals surface area contributed by atoms with Gasteiger partial charge in [-0.25, -0.2) is 8.42 Å². The Morgan fingerprint density at radius 1 is 1.35 bits per heavy atom. The van der Waals surface area contributed by atoms with Gasteiger partial charge in [0.05, 0.1) is 37.4 Å². The van der Waals surface area contributed by atoms with Crippen molar-refractivity contribution in [3.05, 3.63) is 30.0 Å². The number of rotatable bonds is 7. The molecule has 2 N–H and O–H groups in total. The van der Waals surface area contributed by atoms with E-state index in [1.807, 2.05) is 18.2 Å². The molecule has 4 unspecified atom stereocenters. The molecule has 6 nitrogen and oxygen atoms in total. The summed E-state index contributed by atoms with van der Waals surface area (Å²) in [4.78, 5) is 3.08. The van der Waals surface area contributed by atoms with Crippen molar-refractivity contribution >= 4 is 26.6 Å². The van der Waals surface area contributed by atoms with Crippen LogP contribution >= 0.6 is 0 Å². The average molecular weight is 376 g/mol. The van der Waals surface area contributed by atoms with Gasteiger partial charge in [0.2, 0.25) is 10.0 Å². The van der Waals surface area contributed by atoms with Gasteiger partial charge in [-0.1, -0.05) is 6.07 Å². The third-order valence-corrected chi connectivity index (χ3v) is 6.60. The smallest absolute Gasteiger partial charge is 0.229 e. The number of sulfonamides is 1. The summed E-state index contributed by atoms with van der Waals surface area (Å²) in [5.74, 6) is 2.41. The topological polar surface area (TPSA) is 80.4 Å². The summed E-state index contributed by atoms with van der Waals surface area (Å²) in [6, 6.07) is 5.93. The first-order valence-electron chi connectivity index (χ1n) is 9.29. The maximum Gasteiger partial charge on any atom is 0.229 e. The third kappa shape index (κ3) is 3.02. The van der Waals surface area contributed by atoms with Crippen LogP contribution in [0.5, 0.6) is 0 Å². The van der Waals surface area contributed by atoms with Crippen molar-refractivity contribution < 1.29 is 17.9 Å². The van der Waals surface area contributed by atoms with E-state index in [1.54, 1.807) is 6.20 Å². The van der Waals surface area contributed by atoms with Crippen LogP contribution in [0, 0.1) is 17.8 Å². The van der Waals surface area contributed by atoms with Gasteiger partial charge in [-0.2, -0.15) is 0 Å². The van der Waals surface area contributed by atoms with Crippen LogP contribution in [0.3, 0.4) is 0 Å². The predicted octanol–water partition coefficient (Wildman–Crippen LogP) is 2.87. The summed E-state index contributed by atoms with van der Waals surface area (Å²) >= 11 is 0. The second-order valence-corrected chi connectivity index (χ2v) is 9.75. The Morgan fingerprint density at radius 3 is 2.96 bits per heavy atom. The number of nitrogens with one attached hydrogen (secondary N) is 2. The summed E-state index contributed by atoms with van der Waals surface area (Å²) in [6.07, 6.45) is 7.55. The lowest BCUT2D eigenvalue weighted by Gasteiger charge is -2.33. The molecule has 6 rings (SSSR count). The normalized spacial score (nSPS) is 30.5. The van der Waals surface area contributed by atoms with Crippen LogP contribution in [0.25, 0.3) is 10.9 Å². The minimum absolute atomic E-state index is 0.254. The largest absolute Gasteiger partial charge is 0.374 e. The molecule has 4 atom stereocenters. The highest BCUT2D eigenvalue weighted by atomic mass is 32.2. The molecule has 4 fully saturated rings. The van der Waals surface area contributed by atoms with Crippen LogP contribution in [0.15, 0.2) is 24.4 Å². The lowest BCUT2D eigenvalue weighted by molar-refractivity contribution is -0.00225. The van der Waals surface area contributed by atoms with E-state index >= 15 is 0 Å². The molecule has 0 spiro atoms. The Morgan fingerprint density at radius 2 is 2.19 bits per heavy atom. The van der Waals surface area contributed by atoms with Crippen LogP contribution in [0.4, 0.5) is 5.69 Å². The van der Waals surface area contributed by atoms with E-state index in [4.69, 9.17) is 9.47 Å². The van der Waals surface area contributed by atoms with Gasteiger partial charge in [-0.15, -0.1) is 0 Å². The first-order valence-corrected chi connectivity index (χ1v) is 11.2. The van der Waals surface area contributed by atoms with E-state index in [9.17, 15) is 8.42 Å². The first-order chi connectivity index (χ1) is 12.5. The van der Waals surface area contributed by atoms with Gasteiger partial charge in [0.25, 0.3) is 0 Å². The molecular weight excluding hydrogens is 352 g/mol. The van der Waals surface area contributed by atoms with Crippen LogP contribution in [-0.2, 0) is 26.1 Å². The van der Waals surface area contributed by atoms with Gasteiger partial charge in [0.1, 0.15) is 0 Å². The lowest BCUT2D eigenvalue weighted by atomic mass is 9.69. The maximum absolute atomic E-state index is 11.5. The number of anilines is 1. The second-order valence-electron chi connectivity index (χ2n) is 8.00. The van der Waals surface area contributed by atoms with Gasteiger partial charge in [0, 0.05) is 17.1 Å². The molecule has 140 valence electrons. The van der Waals surface area contributed by atoms with Crippen molar-refractivity contribution in [3.8, 4) is 0 Å². The van der Waals surface area contributed by atoms with Crippen LogP contribution in [0.1, 0.15) is 24.8 Å². The quantitative estimate of drug-likeness (QED) is 0.779. The molecule has 3 heterocycles. The molecule has 2 saturated carbocycles. The maximum atomic E-state index is 11.5. The molecule has 1 aromatic carbocycles. The van der Waals surface area contributed by atoms with E-state index in [2.05, 4.69) is 9.71 Å². The van der Waals surface area contributed by atoms with Crippen molar-refractivity contribution in [2.24, 2.45) is 17.8 Å². The SMILES string of the molecule is CS(=O)(=O)Nc1c[nH]c2ccc(COCC3OC4CC3C4C3CC3)cc12. The summed E-state index contributed by atoms with van der Waals surface area (Å²) < 4.78 is 37.6. The Kier molecular flexibility index (Phi) is 3.81. The first kappa shape index (κ1) is 16.6. The fourth-order valence-corrected chi connectivity index (χ4v) is 5.23. The van der Waals surface area contributed by atoms with E-state index in [0.29, 0.717) is 30.9 Å². The van der Waals surface area contributed by atoms with Crippen LogP contribution < -0.4 is 4.72 Å². The average Bonchev–Trinajstić information content (AvgIpc) is 3.02. The number of aromatic nitrogens is 1. The molecule has 2 bridgehead atoms. The summed E-state index contributed by atoms with van der Waals surface area (Å²) in [7, 11) is -3.31. The van der Waals surface area contributed by atoms with E-state index in [-0.39, 0.29) is 6.10 Å². The van der Waals surface area contributed by atoms with Gasteiger partial charge in [-0.3, -0.25) is 4.72 Å². The molecule has 0 amide bonds. The number of H-pyrrole nitrogens is 1. The minimum atomic E-state index is -3.31. The zero-order valence-electron chi connectivity index (χ0n) is 14.8. The van der Waals surface area contributed by atoms with E-state index in [0.717, 1.165) is 34.6 Å². The zero-order valence-corrected chi connectivity index (χ0v) is 15.6. The second kappa shape index (κ2) is 5.97. The fourth-order valence-electron chi connectivity index (χ4n) is 4.67. The van der Waals surface area contributed by atoms with Gasteiger partial charge in [0.15, 0.2) is 0 Å². The van der Waals surface area contributed by atoms with Gasteiger partial charge < -0.3 is 14.5 Å². The van der Waals surface area contributed by atoms with Crippen molar-refractivity contribution in [3.63, 3.8) is 0 Å². The molecule has 2 aliphatic heterocycles. The molecule has 2 aliphatic carbocycles. The van der Waals surface area contributed by atoms with Crippen molar-refractivity contribution in [2.75, 3.05) is 17.6 Å². The fraction of sp³-hybridized carbons (Fsp3) is 0.579. The Hall–Kier alpha value is -1.57. The van der Waals surface area contributed by atoms with Crippen LogP contribution in [-0.4, -0.2) is 38.5 Å². The molecular formula is C19H24N2O4S. The predicted molar refractivity (Wildman–Crippen MR) is 99.4 cm³/mol. The molecule has 0 radical (unpaired) electrons. The number of benzene rings is 1. The van der Waals surface area contributed by atoms with Crippen molar-refractivity contribution in [1.82, 2.24) is 4.98 Å². The number of aromatic amines is 1. The number of fused-ring (bicyclic) bond motifs is 2. The standard InChI is InChI=1S/C19H24N2O4S/c1-26(22,23)21-16-8-20-15-5-2-11(6-13(15)16)9-24-10-18-14-7-17(25-18)19(14)12-3-4-12/h2,5-6,8,12,14,17-21H,3-4,7,9-10H2,1H3. The van der Waals surface area contributed by atoms with Crippen molar-refractivity contribution in [2.45, 2.75) is 38.1 Å². The highest BCUT2D eigenvalue weighted by Crippen LogP contribution is 2.58. The molecule has 2 aromatic rings. The Balaban J connectivity index is 1.22. The highest BCUT2D eigenvalue weighted by molar-refractivity contribution is 7.92. The van der Waals surface area contributed by atoms with E-state index in [1.165, 1.54) is 19.3 Å². The molecule has 1 aromatic heterocycles. The third-order valence-electron chi connectivity index (χ3n) is 6.01. The minimum Gasteiger partial charge on any atom is -0.374 e. The molecule has 7 heteroatoms. The summed E-state index contributed by atoms with van der Waals surface area (Å²) in [5, 5.41) is 0.852. The monoisotopic (exact) mass is 376 g/mol. The zero-order chi connectivity index (χ0) is 17.9. The lowest BCUT2D eigenvalue weighted by Crippen LogP contribution is -2.37. The van der Waals surface area contributed by atoms with Crippen LogP contribution in [0.2, 0.25) is 0 Å². The molecule has 4 aliphatic rings. The Bertz CT molecular complexity index is 934. The van der Waals surface area contributed by atoms with Crippen molar-refractivity contribution in [1.29, 1.82) is 0 Å². The van der Waals surface area contributed by atoms with E-state index < -0.39 is 10.0 Å². The highest BCUT2D eigenvalue weighted by Gasteiger charge is 2.58. The molecule has 2 saturated heterocycles. The van der Waals surface area contributed by atoms with Gasteiger partial charge >= 0.3 is 0 Å². The number of ether oxygens (including phenoxy) is 2. The number of hydrogen-bond acceptors (Lipinski definition) is 4. The molecule has 26 heavy (non-hydrogen) atoms. The summed E-state index contributed by atoms with van der Waals surface area (Å²) in [5.41, 5.74) is 2.49. The Labute approximate surface area is 153 Å². The summed E-state index contributed by atoms with van der Waals surface area (Å²) in [6.45, 7) is 1.15.